The Balaban J connectivity index is 3.35. The lowest BCUT2D eigenvalue weighted by Crippen LogP contribution is -2.14. The second kappa shape index (κ2) is 3.36. The van der Waals surface area contributed by atoms with E-state index in [-0.39, 0.29) is 17.0 Å². The van der Waals surface area contributed by atoms with Crippen LogP contribution in [0.1, 0.15) is 27.6 Å². The van der Waals surface area contributed by atoms with E-state index in [2.05, 4.69) is 9.97 Å². The summed E-state index contributed by atoms with van der Waals surface area (Å²) in [6, 6.07) is 0. The highest BCUT2D eigenvalue weighted by atomic mass is 19.4. The molecule has 14 heavy (non-hydrogen) atoms. The van der Waals surface area contributed by atoms with Gasteiger partial charge in [-0.3, -0.25) is 4.79 Å². The second-order valence-electron chi connectivity index (χ2n) is 2.75. The normalized spacial score (nSPS) is 11.5. The first-order valence-corrected chi connectivity index (χ1v) is 3.74. The maximum Gasteiger partial charge on any atom is 0.451 e. The summed E-state index contributed by atoms with van der Waals surface area (Å²) in [4.78, 5) is 16.9. The second-order valence-corrected chi connectivity index (χ2v) is 2.75. The average Bonchev–Trinajstić information content (AvgIpc) is 2.01. The first-order chi connectivity index (χ1) is 6.36. The van der Waals surface area contributed by atoms with E-state index < -0.39 is 12.0 Å². The predicted molar refractivity (Wildman–Crippen MR) is 41.9 cm³/mol. The monoisotopic (exact) mass is 204 g/mol. The maximum atomic E-state index is 12.2. The molecule has 6 heteroatoms. The molecule has 1 heterocycles. The van der Waals surface area contributed by atoms with Gasteiger partial charge in [-0.2, -0.15) is 13.2 Å². The molecule has 0 bridgehead atoms. The van der Waals surface area contributed by atoms with Crippen molar-refractivity contribution in [3.8, 4) is 0 Å². The molecule has 0 aliphatic rings. The third-order valence-corrected chi connectivity index (χ3v) is 1.70. The number of carbonyl (C=O) groups excluding carboxylic acids is 1. The molecular weight excluding hydrogens is 197 g/mol. The van der Waals surface area contributed by atoms with Crippen molar-refractivity contribution in [3.05, 3.63) is 22.8 Å². The molecule has 0 aliphatic heterocycles. The summed E-state index contributed by atoms with van der Waals surface area (Å²) in [5.41, 5.74) is 0.192. The van der Waals surface area contributed by atoms with E-state index in [1.807, 2.05) is 0 Å². The molecule has 0 aromatic carbocycles. The van der Waals surface area contributed by atoms with E-state index in [0.717, 1.165) is 0 Å². The van der Waals surface area contributed by atoms with Crippen LogP contribution in [0.5, 0.6) is 0 Å². The van der Waals surface area contributed by atoms with Crippen molar-refractivity contribution in [2.24, 2.45) is 0 Å². The Kier molecular flexibility index (Phi) is 2.55. The fourth-order valence-electron chi connectivity index (χ4n) is 1.02. The molecular formula is C8H7F3N2O. The lowest BCUT2D eigenvalue weighted by atomic mass is 10.2. The van der Waals surface area contributed by atoms with Gasteiger partial charge in [-0.25, -0.2) is 9.97 Å². The smallest absolute Gasteiger partial charge is 0.298 e. The lowest BCUT2D eigenvalue weighted by Gasteiger charge is -2.08. The Morgan fingerprint density at radius 3 is 1.86 bits per heavy atom. The maximum absolute atomic E-state index is 12.2. The van der Waals surface area contributed by atoms with Crippen LogP contribution < -0.4 is 0 Å². The van der Waals surface area contributed by atoms with Crippen LogP contribution in [0.3, 0.4) is 0 Å². The van der Waals surface area contributed by atoms with Crippen molar-refractivity contribution in [1.82, 2.24) is 9.97 Å². The number of nitrogens with zero attached hydrogens (tertiary/aromatic N) is 2. The van der Waals surface area contributed by atoms with Gasteiger partial charge in [-0.1, -0.05) is 0 Å². The van der Waals surface area contributed by atoms with E-state index in [1.54, 1.807) is 0 Å². The van der Waals surface area contributed by atoms with Crippen LogP contribution in [0.2, 0.25) is 0 Å². The zero-order valence-corrected chi connectivity index (χ0v) is 7.51. The van der Waals surface area contributed by atoms with Gasteiger partial charge in [-0.05, 0) is 13.8 Å². The average molecular weight is 204 g/mol. The Morgan fingerprint density at radius 2 is 1.57 bits per heavy atom. The van der Waals surface area contributed by atoms with Crippen LogP contribution in [-0.2, 0) is 6.18 Å². The molecule has 1 aromatic rings. The van der Waals surface area contributed by atoms with Crippen molar-refractivity contribution in [3.63, 3.8) is 0 Å². The van der Waals surface area contributed by atoms with E-state index in [0.29, 0.717) is 6.29 Å². The predicted octanol–water partition coefficient (Wildman–Crippen LogP) is 1.92. The van der Waals surface area contributed by atoms with E-state index in [9.17, 15) is 18.0 Å². The van der Waals surface area contributed by atoms with Gasteiger partial charge in [0.25, 0.3) is 0 Å². The molecule has 0 fully saturated rings. The lowest BCUT2D eigenvalue weighted by molar-refractivity contribution is -0.145. The largest absolute Gasteiger partial charge is 0.451 e. The van der Waals surface area contributed by atoms with Crippen molar-refractivity contribution < 1.29 is 18.0 Å². The van der Waals surface area contributed by atoms with Crippen LogP contribution >= 0.6 is 0 Å². The number of alkyl halides is 3. The first-order valence-electron chi connectivity index (χ1n) is 3.74. The SMILES string of the molecule is Cc1nc(C(F)(F)F)nc(C)c1C=O. The molecule has 0 amide bonds. The third kappa shape index (κ3) is 1.89. The highest BCUT2D eigenvalue weighted by Gasteiger charge is 2.35. The number of hydrogen-bond acceptors (Lipinski definition) is 3. The third-order valence-electron chi connectivity index (χ3n) is 1.70. The van der Waals surface area contributed by atoms with Crippen LogP contribution in [0.25, 0.3) is 0 Å². The summed E-state index contributed by atoms with van der Waals surface area (Å²) in [7, 11) is 0. The Labute approximate surface area is 78.0 Å². The van der Waals surface area contributed by atoms with Gasteiger partial charge in [0, 0.05) is 0 Å². The molecule has 0 N–H and O–H groups in total. The number of halogens is 3. The summed E-state index contributed by atoms with van der Waals surface area (Å²) in [6.07, 6.45) is -4.12. The van der Waals surface area contributed by atoms with Crippen molar-refractivity contribution in [2.45, 2.75) is 20.0 Å². The molecule has 0 radical (unpaired) electrons. The summed E-state index contributed by atoms with van der Waals surface area (Å²) >= 11 is 0. The molecule has 1 aromatic heterocycles. The quantitative estimate of drug-likeness (QED) is 0.656. The fraction of sp³-hybridized carbons (Fsp3) is 0.375. The van der Waals surface area contributed by atoms with Gasteiger partial charge in [0.05, 0.1) is 17.0 Å². The van der Waals surface area contributed by atoms with Gasteiger partial charge in [-0.15, -0.1) is 0 Å². The highest BCUT2D eigenvalue weighted by Crippen LogP contribution is 2.26. The Hall–Kier alpha value is -1.46. The summed E-state index contributed by atoms with van der Waals surface area (Å²) < 4.78 is 36.5. The van der Waals surface area contributed by atoms with E-state index in [1.165, 1.54) is 13.8 Å². The summed E-state index contributed by atoms with van der Waals surface area (Å²) in [5, 5.41) is 0. The molecule has 0 saturated heterocycles. The summed E-state index contributed by atoms with van der Waals surface area (Å²) in [6.45, 7) is 2.68. The minimum absolute atomic E-state index is 0.0415. The van der Waals surface area contributed by atoms with Crippen molar-refractivity contribution in [1.29, 1.82) is 0 Å². The molecule has 76 valence electrons. The van der Waals surface area contributed by atoms with Gasteiger partial charge in [0.2, 0.25) is 5.82 Å². The molecule has 0 spiro atoms. The van der Waals surface area contributed by atoms with E-state index >= 15 is 0 Å². The minimum Gasteiger partial charge on any atom is -0.298 e. The highest BCUT2D eigenvalue weighted by molar-refractivity contribution is 5.77. The Bertz CT molecular complexity index is 350. The van der Waals surface area contributed by atoms with Gasteiger partial charge in [0.15, 0.2) is 6.29 Å². The number of aromatic nitrogens is 2. The number of rotatable bonds is 1. The van der Waals surface area contributed by atoms with Crippen molar-refractivity contribution >= 4 is 6.29 Å². The van der Waals surface area contributed by atoms with Gasteiger partial charge in [0.1, 0.15) is 0 Å². The van der Waals surface area contributed by atoms with Crippen LogP contribution in [0.15, 0.2) is 0 Å². The molecule has 0 unspecified atom stereocenters. The van der Waals surface area contributed by atoms with Crippen molar-refractivity contribution in [2.75, 3.05) is 0 Å². The van der Waals surface area contributed by atoms with Crippen LogP contribution in [0, 0.1) is 13.8 Å². The van der Waals surface area contributed by atoms with Crippen LogP contribution in [-0.4, -0.2) is 16.3 Å². The number of aryl methyl sites for hydroxylation is 2. The number of hydrogen-bond donors (Lipinski definition) is 0. The van der Waals surface area contributed by atoms with Gasteiger partial charge >= 0.3 is 6.18 Å². The molecule has 0 saturated carbocycles. The zero-order valence-electron chi connectivity index (χ0n) is 7.51. The molecule has 0 atom stereocenters. The first kappa shape index (κ1) is 10.6. The van der Waals surface area contributed by atoms with E-state index in [4.69, 9.17) is 0 Å². The topological polar surface area (TPSA) is 42.9 Å². The number of aldehydes is 1. The standard InChI is InChI=1S/C8H7F3N2O/c1-4-6(3-14)5(2)13-7(12-4)8(9,10)11/h3H,1-2H3. The van der Waals surface area contributed by atoms with Crippen LogP contribution in [0.4, 0.5) is 13.2 Å². The molecule has 1 rings (SSSR count). The fourth-order valence-corrected chi connectivity index (χ4v) is 1.02. The zero-order chi connectivity index (χ0) is 10.9. The van der Waals surface area contributed by atoms with Gasteiger partial charge < -0.3 is 0 Å². The minimum atomic E-state index is -4.57. The molecule has 3 nitrogen and oxygen atoms in total. The summed E-state index contributed by atoms with van der Waals surface area (Å²) in [5.74, 6) is -1.21. The Morgan fingerprint density at radius 1 is 1.14 bits per heavy atom. The molecule has 0 aliphatic carbocycles. The number of carbonyl (C=O) groups is 1.